The molecular weight excluding hydrogens is 345 g/mol. The number of nitrogens with zero attached hydrogens (tertiary/aromatic N) is 2. The van der Waals surface area contributed by atoms with Crippen molar-refractivity contribution in [1.29, 1.82) is 0 Å². The highest BCUT2D eigenvalue weighted by atomic mass is 19.4. The van der Waals surface area contributed by atoms with E-state index in [2.05, 4.69) is 10.2 Å². The summed E-state index contributed by atoms with van der Waals surface area (Å²) in [5.41, 5.74) is -4.64. The molecule has 0 atom stereocenters. The molecule has 1 aliphatic rings. The van der Waals surface area contributed by atoms with Crippen molar-refractivity contribution in [3.05, 3.63) is 39.7 Å². The van der Waals surface area contributed by atoms with Gasteiger partial charge in [-0.15, -0.1) is 10.2 Å². The number of fused-ring (bicyclic) bond motifs is 1. The van der Waals surface area contributed by atoms with Gasteiger partial charge >= 0.3 is 23.4 Å². The maximum absolute atomic E-state index is 13.2. The Balaban J connectivity index is 2.20. The van der Waals surface area contributed by atoms with Gasteiger partial charge in [-0.1, -0.05) is 0 Å². The SMILES string of the molecule is CCOC(=O)c1cc2c(OC)cc(C3(C(F)(F)F)N=N3)cc2oc1=O. The van der Waals surface area contributed by atoms with Crippen molar-refractivity contribution >= 4 is 16.9 Å². The lowest BCUT2D eigenvalue weighted by atomic mass is 10.00. The van der Waals surface area contributed by atoms with Gasteiger partial charge in [0.15, 0.2) is 0 Å². The van der Waals surface area contributed by atoms with Crippen molar-refractivity contribution in [1.82, 2.24) is 0 Å². The number of carbonyl (C=O) groups is 1. The number of benzene rings is 1. The smallest absolute Gasteiger partial charge is 0.442 e. The van der Waals surface area contributed by atoms with Gasteiger partial charge in [-0.3, -0.25) is 0 Å². The molecule has 0 aliphatic carbocycles. The first-order valence-corrected chi connectivity index (χ1v) is 7.07. The molecule has 0 N–H and O–H groups in total. The van der Waals surface area contributed by atoms with Crippen LogP contribution in [0.25, 0.3) is 11.0 Å². The summed E-state index contributed by atoms with van der Waals surface area (Å²) in [4.78, 5) is 23.7. The second-order valence-corrected chi connectivity index (χ2v) is 5.13. The van der Waals surface area contributed by atoms with Crippen molar-refractivity contribution in [2.45, 2.75) is 18.8 Å². The molecule has 1 aliphatic heterocycles. The minimum atomic E-state index is -4.74. The minimum absolute atomic E-state index is 0.0253. The van der Waals surface area contributed by atoms with Crippen LogP contribution in [0.2, 0.25) is 0 Å². The van der Waals surface area contributed by atoms with E-state index in [1.807, 2.05) is 0 Å². The van der Waals surface area contributed by atoms with Gasteiger partial charge in [-0.05, 0) is 25.1 Å². The number of esters is 1. The second kappa shape index (κ2) is 5.57. The Kier molecular flexibility index (Phi) is 3.77. The van der Waals surface area contributed by atoms with Gasteiger partial charge < -0.3 is 13.9 Å². The van der Waals surface area contributed by atoms with Crippen LogP contribution in [0.5, 0.6) is 5.75 Å². The lowest BCUT2D eigenvalue weighted by Gasteiger charge is -2.16. The van der Waals surface area contributed by atoms with E-state index in [1.54, 1.807) is 6.92 Å². The van der Waals surface area contributed by atoms with Crippen molar-refractivity contribution in [3.63, 3.8) is 0 Å². The molecule has 132 valence electrons. The van der Waals surface area contributed by atoms with E-state index in [4.69, 9.17) is 13.9 Å². The zero-order chi connectivity index (χ0) is 18.4. The maximum atomic E-state index is 13.2. The van der Waals surface area contributed by atoms with Crippen LogP contribution >= 0.6 is 0 Å². The Morgan fingerprint density at radius 2 is 1.96 bits per heavy atom. The molecule has 0 radical (unpaired) electrons. The van der Waals surface area contributed by atoms with Crippen LogP contribution in [-0.2, 0) is 10.4 Å². The van der Waals surface area contributed by atoms with Crippen LogP contribution in [0.4, 0.5) is 13.2 Å². The zero-order valence-corrected chi connectivity index (χ0v) is 13.0. The van der Waals surface area contributed by atoms with Crippen LogP contribution in [0.1, 0.15) is 22.8 Å². The molecule has 10 heteroatoms. The molecule has 1 aromatic heterocycles. The largest absolute Gasteiger partial charge is 0.496 e. The third-order valence-electron chi connectivity index (χ3n) is 3.63. The van der Waals surface area contributed by atoms with E-state index in [0.717, 1.165) is 18.2 Å². The van der Waals surface area contributed by atoms with E-state index >= 15 is 0 Å². The molecule has 0 amide bonds. The van der Waals surface area contributed by atoms with Gasteiger partial charge in [0.25, 0.3) is 0 Å². The fourth-order valence-electron chi connectivity index (χ4n) is 2.35. The van der Waals surface area contributed by atoms with Gasteiger partial charge in [0, 0.05) is 5.56 Å². The molecule has 0 bridgehead atoms. The second-order valence-electron chi connectivity index (χ2n) is 5.13. The van der Waals surface area contributed by atoms with Crippen molar-refractivity contribution < 1.29 is 31.9 Å². The summed E-state index contributed by atoms with van der Waals surface area (Å²) in [6, 6.07) is 3.25. The molecule has 0 fully saturated rings. The maximum Gasteiger partial charge on any atom is 0.442 e. The van der Waals surface area contributed by atoms with Gasteiger partial charge in [-0.2, -0.15) is 13.2 Å². The molecule has 0 unspecified atom stereocenters. The lowest BCUT2D eigenvalue weighted by molar-refractivity contribution is -0.166. The summed E-state index contributed by atoms with van der Waals surface area (Å²) < 4.78 is 54.3. The van der Waals surface area contributed by atoms with Crippen molar-refractivity contribution in [2.24, 2.45) is 10.2 Å². The van der Waals surface area contributed by atoms with Crippen LogP contribution in [0.15, 0.2) is 37.6 Å². The molecule has 7 nitrogen and oxygen atoms in total. The molecule has 2 aromatic rings. The van der Waals surface area contributed by atoms with Gasteiger partial charge in [0.1, 0.15) is 16.9 Å². The number of hydrogen-bond donors (Lipinski definition) is 0. The number of carbonyl (C=O) groups excluding carboxylic acids is 1. The van der Waals surface area contributed by atoms with Crippen molar-refractivity contribution in [2.75, 3.05) is 13.7 Å². The van der Waals surface area contributed by atoms with Crippen molar-refractivity contribution in [3.8, 4) is 5.75 Å². The average molecular weight is 356 g/mol. The molecule has 0 spiro atoms. The highest BCUT2D eigenvalue weighted by Crippen LogP contribution is 2.53. The summed E-state index contributed by atoms with van der Waals surface area (Å²) in [7, 11) is 1.23. The van der Waals surface area contributed by atoms with Gasteiger partial charge in [-0.25, -0.2) is 9.59 Å². The Morgan fingerprint density at radius 3 is 2.48 bits per heavy atom. The molecule has 25 heavy (non-hydrogen) atoms. The van der Waals surface area contributed by atoms with Crippen LogP contribution in [0.3, 0.4) is 0 Å². The molecule has 1 aromatic carbocycles. The van der Waals surface area contributed by atoms with E-state index in [1.165, 1.54) is 7.11 Å². The summed E-state index contributed by atoms with van der Waals surface area (Å²) in [6.45, 7) is 1.61. The fourth-order valence-corrected chi connectivity index (χ4v) is 2.35. The lowest BCUT2D eigenvalue weighted by Crippen LogP contribution is -2.30. The average Bonchev–Trinajstić information content (AvgIpc) is 3.34. The molecular formula is C15H11F3N2O5. The monoisotopic (exact) mass is 356 g/mol. The van der Waals surface area contributed by atoms with Crippen LogP contribution in [-0.4, -0.2) is 25.9 Å². The zero-order valence-electron chi connectivity index (χ0n) is 13.0. The number of ether oxygens (including phenoxy) is 2. The normalized spacial score (nSPS) is 15.2. The van der Waals surface area contributed by atoms with E-state index < -0.39 is 23.4 Å². The Morgan fingerprint density at radius 1 is 1.28 bits per heavy atom. The van der Waals surface area contributed by atoms with E-state index in [-0.39, 0.29) is 34.5 Å². The molecule has 3 rings (SSSR count). The van der Waals surface area contributed by atoms with E-state index in [0.29, 0.717) is 0 Å². The summed E-state index contributed by atoms with van der Waals surface area (Å²) in [5.74, 6) is -0.925. The molecule has 0 saturated carbocycles. The molecule has 2 heterocycles. The van der Waals surface area contributed by atoms with Crippen LogP contribution in [0, 0.1) is 0 Å². The number of alkyl halides is 3. The van der Waals surface area contributed by atoms with Gasteiger partial charge in [0.2, 0.25) is 0 Å². The summed E-state index contributed by atoms with van der Waals surface area (Å²) >= 11 is 0. The number of methoxy groups -OCH3 is 1. The third-order valence-corrected chi connectivity index (χ3v) is 3.63. The Hall–Kier alpha value is -2.91. The number of rotatable bonds is 4. The third kappa shape index (κ3) is 2.63. The first-order chi connectivity index (χ1) is 11.7. The highest BCUT2D eigenvalue weighted by molar-refractivity contribution is 5.95. The topological polar surface area (TPSA) is 90.5 Å². The Labute approximate surface area is 138 Å². The highest BCUT2D eigenvalue weighted by Gasteiger charge is 2.65. The number of hydrogen-bond acceptors (Lipinski definition) is 7. The predicted octanol–water partition coefficient (Wildman–Crippen LogP) is 3.16. The fraction of sp³-hybridized carbons (Fsp3) is 0.333. The first-order valence-electron chi connectivity index (χ1n) is 7.07. The predicted molar refractivity (Wildman–Crippen MR) is 77.6 cm³/mol. The Bertz CT molecular complexity index is 943. The number of halogens is 3. The van der Waals surface area contributed by atoms with Gasteiger partial charge in [0.05, 0.1) is 19.1 Å². The minimum Gasteiger partial charge on any atom is -0.496 e. The van der Waals surface area contributed by atoms with Crippen LogP contribution < -0.4 is 10.4 Å². The standard InChI is InChI=1S/C15H11F3N2O5/c1-3-24-12(21)9-6-8-10(23-2)4-7(5-11(8)25-13(9)22)14(19-20-14)15(16,17)18/h4-6H,3H2,1-2H3. The summed E-state index contributed by atoms with van der Waals surface area (Å²) in [5, 5.41) is 6.35. The van der Waals surface area contributed by atoms with E-state index in [9.17, 15) is 22.8 Å². The first kappa shape index (κ1) is 16.9. The quantitative estimate of drug-likeness (QED) is 0.620. The molecule has 0 saturated heterocycles. The summed E-state index contributed by atoms with van der Waals surface area (Å²) in [6.07, 6.45) is -4.74.